The van der Waals surface area contributed by atoms with Gasteiger partial charge in [0.05, 0.1) is 5.52 Å². The standard InChI is InChI=1S/C26H21F2NO3/c1-2-18-5-3-4-6-21(18)23-16-29(19-9-11-20(12-10-19)32-26(27)28)24-13-7-17(15-22(23)24)8-14-25(30)31/h2-7,9-13,15-16,26H,1,8,14H2,(H,30,31). The van der Waals surface area contributed by atoms with Gasteiger partial charge in [-0.3, -0.25) is 4.79 Å². The number of halogens is 2. The monoisotopic (exact) mass is 433 g/mol. The molecule has 4 aromatic rings. The molecule has 4 nitrogen and oxygen atoms in total. The Bertz CT molecular complexity index is 1280. The van der Waals surface area contributed by atoms with Crippen LogP contribution in [0.2, 0.25) is 0 Å². The maximum absolute atomic E-state index is 12.5. The molecule has 0 aliphatic heterocycles. The molecule has 0 saturated heterocycles. The van der Waals surface area contributed by atoms with E-state index in [-0.39, 0.29) is 12.2 Å². The quantitative estimate of drug-likeness (QED) is 0.342. The summed E-state index contributed by atoms with van der Waals surface area (Å²) in [6.45, 7) is 1.04. The summed E-state index contributed by atoms with van der Waals surface area (Å²) in [5.41, 5.74) is 5.58. The highest BCUT2D eigenvalue weighted by molar-refractivity contribution is 5.99. The van der Waals surface area contributed by atoms with Crippen LogP contribution in [0.1, 0.15) is 17.5 Å². The Balaban J connectivity index is 1.86. The van der Waals surface area contributed by atoms with Crippen molar-refractivity contribution in [2.45, 2.75) is 19.5 Å². The molecule has 32 heavy (non-hydrogen) atoms. The van der Waals surface area contributed by atoms with Gasteiger partial charge in [0, 0.05) is 29.3 Å². The molecule has 0 aliphatic rings. The minimum Gasteiger partial charge on any atom is -0.481 e. The first-order valence-corrected chi connectivity index (χ1v) is 10.1. The van der Waals surface area contributed by atoms with Crippen molar-refractivity contribution in [1.29, 1.82) is 0 Å². The Morgan fingerprint density at radius 2 is 1.81 bits per heavy atom. The molecule has 6 heteroatoms. The number of rotatable bonds is 8. The van der Waals surface area contributed by atoms with Crippen LogP contribution in [0.4, 0.5) is 8.78 Å². The third-order valence-corrected chi connectivity index (χ3v) is 5.31. The van der Waals surface area contributed by atoms with Gasteiger partial charge in [-0.15, -0.1) is 0 Å². The van der Waals surface area contributed by atoms with Crippen LogP contribution in [0.15, 0.2) is 79.5 Å². The SMILES string of the molecule is C=Cc1ccccc1-c1cn(-c2ccc(OC(F)F)cc2)c2ccc(CCC(=O)O)cc12. The lowest BCUT2D eigenvalue weighted by atomic mass is 9.97. The van der Waals surface area contributed by atoms with Crippen LogP contribution in [0.3, 0.4) is 0 Å². The van der Waals surface area contributed by atoms with Gasteiger partial charge in [-0.1, -0.05) is 43.0 Å². The van der Waals surface area contributed by atoms with E-state index in [0.717, 1.165) is 38.8 Å². The fraction of sp³-hybridized carbons (Fsp3) is 0.115. The predicted molar refractivity (Wildman–Crippen MR) is 121 cm³/mol. The molecule has 1 N–H and O–H groups in total. The lowest BCUT2D eigenvalue weighted by Gasteiger charge is -2.08. The number of ether oxygens (including phenoxy) is 1. The third-order valence-electron chi connectivity index (χ3n) is 5.31. The van der Waals surface area contributed by atoms with Gasteiger partial charge in [0.15, 0.2) is 0 Å². The molecule has 0 spiro atoms. The van der Waals surface area contributed by atoms with E-state index in [1.807, 2.05) is 53.2 Å². The van der Waals surface area contributed by atoms with E-state index in [1.165, 1.54) is 12.1 Å². The van der Waals surface area contributed by atoms with E-state index in [0.29, 0.717) is 6.42 Å². The van der Waals surface area contributed by atoms with E-state index in [4.69, 9.17) is 5.11 Å². The normalized spacial score (nSPS) is 11.1. The fourth-order valence-corrected chi connectivity index (χ4v) is 3.82. The van der Waals surface area contributed by atoms with E-state index in [2.05, 4.69) is 11.3 Å². The minimum atomic E-state index is -2.88. The van der Waals surface area contributed by atoms with Crippen LogP contribution < -0.4 is 4.74 Å². The number of aliphatic carboxylic acids is 1. The molecule has 0 atom stereocenters. The van der Waals surface area contributed by atoms with Crippen molar-refractivity contribution in [2.75, 3.05) is 0 Å². The summed E-state index contributed by atoms with van der Waals surface area (Å²) in [6, 6.07) is 20.2. The van der Waals surface area contributed by atoms with Crippen LogP contribution in [0.5, 0.6) is 5.75 Å². The second kappa shape index (κ2) is 9.06. The number of nitrogens with zero attached hydrogens (tertiary/aromatic N) is 1. The number of fused-ring (bicyclic) bond motifs is 1. The molecular weight excluding hydrogens is 412 g/mol. The van der Waals surface area contributed by atoms with Gasteiger partial charge in [0.2, 0.25) is 0 Å². The van der Waals surface area contributed by atoms with E-state index in [9.17, 15) is 13.6 Å². The summed E-state index contributed by atoms with van der Waals surface area (Å²) >= 11 is 0. The van der Waals surface area contributed by atoms with Gasteiger partial charge in [0.25, 0.3) is 0 Å². The van der Waals surface area contributed by atoms with Crippen molar-refractivity contribution in [2.24, 2.45) is 0 Å². The van der Waals surface area contributed by atoms with Crippen molar-refractivity contribution in [3.05, 3.63) is 90.6 Å². The summed E-state index contributed by atoms with van der Waals surface area (Å²) in [5, 5.41) is 10.0. The summed E-state index contributed by atoms with van der Waals surface area (Å²) in [5.74, 6) is -0.751. The van der Waals surface area contributed by atoms with E-state index >= 15 is 0 Å². The van der Waals surface area contributed by atoms with Crippen molar-refractivity contribution < 1.29 is 23.4 Å². The van der Waals surface area contributed by atoms with E-state index < -0.39 is 12.6 Å². The van der Waals surface area contributed by atoms with Gasteiger partial charge >= 0.3 is 12.6 Å². The van der Waals surface area contributed by atoms with Crippen LogP contribution in [0.25, 0.3) is 33.8 Å². The van der Waals surface area contributed by atoms with Gasteiger partial charge in [-0.05, 0) is 59.5 Å². The molecular formula is C26H21F2NO3. The topological polar surface area (TPSA) is 51.5 Å². The summed E-state index contributed by atoms with van der Waals surface area (Å²) < 4.78 is 31.4. The van der Waals surface area contributed by atoms with Crippen molar-refractivity contribution in [3.8, 4) is 22.6 Å². The highest BCUT2D eigenvalue weighted by atomic mass is 19.3. The van der Waals surface area contributed by atoms with Gasteiger partial charge in [0.1, 0.15) is 5.75 Å². The molecule has 0 saturated carbocycles. The summed E-state index contributed by atoms with van der Waals surface area (Å²) in [7, 11) is 0. The molecule has 0 amide bonds. The Kier molecular flexibility index (Phi) is 6.03. The zero-order valence-electron chi connectivity index (χ0n) is 17.2. The molecule has 0 unspecified atom stereocenters. The Morgan fingerprint density at radius 3 is 2.50 bits per heavy atom. The molecule has 0 fully saturated rings. The Hall–Kier alpha value is -3.93. The predicted octanol–water partition coefficient (Wildman–Crippen LogP) is 6.56. The van der Waals surface area contributed by atoms with Gasteiger partial charge in [-0.2, -0.15) is 8.78 Å². The van der Waals surface area contributed by atoms with Crippen molar-refractivity contribution in [1.82, 2.24) is 4.57 Å². The molecule has 0 bridgehead atoms. The van der Waals surface area contributed by atoms with E-state index in [1.54, 1.807) is 18.2 Å². The van der Waals surface area contributed by atoms with Crippen molar-refractivity contribution in [3.63, 3.8) is 0 Å². The molecule has 0 radical (unpaired) electrons. The maximum atomic E-state index is 12.5. The van der Waals surface area contributed by atoms with Crippen LogP contribution >= 0.6 is 0 Å². The third kappa shape index (κ3) is 4.39. The van der Waals surface area contributed by atoms with Crippen LogP contribution in [0, 0.1) is 0 Å². The smallest absolute Gasteiger partial charge is 0.387 e. The zero-order valence-corrected chi connectivity index (χ0v) is 17.2. The number of carbonyl (C=O) groups is 1. The molecule has 3 aromatic carbocycles. The number of aryl methyl sites for hydroxylation is 1. The molecule has 1 aromatic heterocycles. The number of carboxylic acid groups (broad SMARTS) is 1. The largest absolute Gasteiger partial charge is 0.481 e. The number of alkyl halides is 2. The first kappa shape index (κ1) is 21.3. The first-order valence-electron chi connectivity index (χ1n) is 10.1. The molecule has 4 rings (SSSR count). The number of carboxylic acids is 1. The second-order valence-corrected chi connectivity index (χ2v) is 7.32. The number of benzene rings is 3. The van der Waals surface area contributed by atoms with Gasteiger partial charge in [-0.25, -0.2) is 0 Å². The Morgan fingerprint density at radius 1 is 1.06 bits per heavy atom. The highest BCUT2D eigenvalue weighted by Gasteiger charge is 2.15. The Labute approximate surface area is 184 Å². The highest BCUT2D eigenvalue weighted by Crippen LogP contribution is 2.36. The lowest BCUT2D eigenvalue weighted by molar-refractivity contribution is -0.136. The van der Waals surface area contributed by atoms with Gasteiger partial charge < -0.3 is 14.4 Å². The maximum Gasteiger partial charge on any atom is 0.387 e. The number of hydrogen-bond donors (Lipinski definition) is 1. The second-order valence-electron chi connectivity index (χ2n) is 7.32. The van der Waals surface area contributed by atoms with Crippen molar-refractivity contribution >= 4 is 22.9 Å². The molecule has 162 valence electrons. The first-order chi connectivity index (χ1) is 15.5. The average molecular weight is 433 g/mol. The molecule has 0 aliphatic carbocycles. The zero-order chi connectivity index (χ0) is 22.7. The summed E-state index contributed by atoms with van der Waals surface area (Å²) in [4.78, 5) is 11.0. The number of aromatic nitrogens is 1. The molecule has 1 heterocycles. The van der Waals surface area contributed by atoms with Crippen LogP contribution in [-0.2, 0) is 11.2 Å². The summed E-state index contributed by atoms with van der Waals surface area (Å²) in [6.07, 6.45) is 4.27. The fourth-order valence-electron chi connectivity index (χ4n) is 3.82. The van der Waals surface area contributed by atoms with Crippen LogP contribution in [-0.4, -0.2) is 22.3 Å². The number of hydrogen-bond acceptors (Lipinski definition) is 2. The average Bonchev–Trinajstić information content (AvgIpc) is 3.16. The lowest BCUT2D eigenvalue weighted by Crippen LogP contribution is -2.02. The minimum absolute atomic E-state index is 0.0520.